The summed E-state index contributed by atoms with van der Waals surface area (Å²) in [6.07, 6.45) is 0.733. The Balaban J connectivity index is 2.95. The van der Waals surface area contributed by atoms with E-state index in [4.69, 9.17) is 4.74 Å². The Labute approximate surface area is 130 Å². The molecule has 0 bridgehead atoms. The molecule has 1 aromatic rings. The van der Waals surface area contributed by atoms with Gasteiger partial charge in [0.15, 0.2) is 0 Å². The van der Waals surface area contributed by atoms with Crippen molar-refractivity contribution in [3.8, 4) is 0 Å². The van der Waals surface area contributed by atoms with Gasteiger partial charge in [-0.15, -0.1) is 11.3 Å². The lowest BCUT2D eigenvalue weighted by atomic mass is 10.1. The summed E-state index contributed by atoms with van der Waals surface area (Å²) in [5.41, 5.74) is 1.45. The summed E-state index contributed by atoms with van der Waals surface area (Å²) in [5.74, 6) is -0.524. The fraction of sp³-hybridized carbons (Fsp3) is 0.600. The van der Waals surface area contributed by atoms with Gasteiger partial charge in [0.1, 0.15) is 5.00 Å². The third-order valence-corrected chi connectivity index (χ3v) is 4.03. The van der Waals surface area contributed by atoms with E-state index in [1.807, 2.05) is 27.7 Å². The number of thiophene rings is 1. The molecule has 1 heterocycles. The molecule has 2 N–H and O–H groups in total. The molecule has 1 aromatic heterocycles. The number of esters is 1. The molecule has 6 heteroatoms. The van der Waals surface area contributed by atoms with Crippen LogP contribution in [0.2, 0.25) is 0 Å². The van der Waals surface area contributed by atoms with E-state index in [2.05, 4.69) is 10.6 Å². The standard InChI is InChI=1S/C15H24N2O3S/c1-6-11-10(5)21-14(13(11)15(19)20-7-2)17-12(18)8-16-9(3)4/h9,16H,6-8H2,1-5H3,(H,17,18). The number of amides is 1. The van der Waals surface area contributed by atoms with Gasteiger partial charge in [-0.2, -0.15) is 0 Å². The third-order valence-electron chi connectivity index (χ3n) is 2.97. The van der Waals surface area contributed by atoms with E-state index < -0.39 is 0 Å². The lowest BCUT2D eigenvalue weighted by Gasteiger charge is -2.10. The highest BCUT2D eigenvalue weighted by Crippen LogP contribution is 2.34. The normalized spacial score (nSPS) is 10.8. The van der Waals surface area contributed by atoms with Gasteiger partial charge in [0, 0.05) is 10.9 Å². The quantitative estimate of drug-likeness (QED) is 0.760. The number of rotatable bonds is 7. The summed E-state index contributed by atoms with van der Waals surface area (Å²) in [6.45, 7) is 10.2. The highest BCUT2D eigenvalue weighted by Gasteiger charge is 2.23. The Bertz CT molecular complexity index is 509. The van der Waals surface area contributed by atoms with Crippen LogP contribution >= 0.6 is 11.3 Å². The molecule has 0 fully saturated rings. The molecule has 118 valence electrons. The van der Waals surface area contributed by atoms with Gasteiger partial charge in [0.2, 0.25) is 5.91 Å². The Morgan fingerprint density at radius 1 is 1.29 bits per heavy atom. The SMILES string of the molecule is CCOC(=O)c1c(NC(=O)CNC(C)C)sc(C)c1CC. The topological polar surface area (TPSA) is 67.4 Å². The van der Waals surface area contributed by atoms with E-state index in [9.17, 15) is 9.59 Å². The molecule has 5 nitrogen and oxygen atoms in total. The molecule has 0 unspecified atom stereocenters. The molecule has 21 heavy (non-hydrogen) atoms. The van der Waals surface area contributed by atoms with Crippen LogP contribution in [0.1, 0.15) is 48.5 Å². The third kappa shape index (κ3) is 4.82. The van der Waals surface area contributed by atoms with Crippen LogP contribution in [0.4, 0.5) is 5.00 Å². The molecule has 0 saturated carbocycles. The second-order valence-electron chi connectivity index (χ2n) is 5.00. The molecule has 0 radical (unpaired) electrons. The molecule has 0 aliphatic rings. The van der Waals surface area contributed by atoms with Gasteiger partial charge in [-0.25, -0.2) is 4.79 Å². The van der Waals surface area contributed by atoms with Crippen molar-refractivity contribution < 1.29 is 14.3 Å². The van der Waals surface area contributed by atoms with Crippen LogP contribution in [0.3, 0.4) is 0 Å². The Hall–Kier alpha value is -1.40. The zero-order valence-electron chi connectivity index (χ0n) is 13.3. The molecule has 1 amide bonds. The molecule has 1 rings (SSSR count). The fourth-order valence-electron chi connectivity index (χ4n) is 1.98. The van der Waals surface area contributed by atoms with Crippen LogP contribution in [0.5, 0.6) is 0 Å². The summed E-state index contributed by atoms with van der Waals surface area (Å²) in [4.78, 5) is 25.1. The van der Waals surface area contributed by atoms with Crippen molar-refractivity contribution in [3.05, 3.63) is 16.0 Å². The first kappa shape index (κ1) is 17.7. The van der Waals surface area contributed by atoms with Crippen molar-refractivity contribution in [3.63, 3.8) is 0 Å². The second kappa shape index (κ2) is 8.14. The van der Waals surface area contributed by atoms with Crippen molar-refractivity contribution in [1.82, 2.24) is 5.32 Å². The highest BCUT2D eigenvalue weighted by atomic mass is 32.1. The van der Waals surface area contributed by atoms with Gasteiger partial charge < -0.3 is 15.4 Å². The molecule has 0 atom stereocenters. The summed E-state index contributed by atoms with van der Waals surface area (Å²) >= 11 is 1.42. The molecule has 0 aliphatic heterocycles. The number of carbonyl (C=O) groups is 2. The molecule has 0 spiro atoms. The van der Waals surface area contributed by atoms with Gasteiger partial charge in [-0.1, -0.05) is 20.8 Å². The van der Waals surface area contributed by atoms with E-state index in [0.29, 0.717) is 17.2 Å². The maximum atomic E-state index is 12.1. The summed E-state index contributed by atoms with van der Waals surface area (Å²) < 4.78 is 5.11. The number of carbonyl (C=O) groups excluding carboxylic acids is 2. The highest BCUT2D eigenvalue weighted by molar-refractivity contribution is 7.16. The molecule has 0 saturated heterocycles. The van der Waals surface area contributed by atoms with Gasteiger partial charge in [-0.05, 0) is 25.8 Å². The van der Waals surface area contributed by atoms with E-state index in [0.717, 1.165) is 16.9 Å². The smallest absolute Gasteiger partial charge is 0.341 e. The van der Waals surface area contributed by atoms with E-state index in [1.165, 1.54) is 11.3 Å². The minimum atomic E-state index is -0.370. The first-order valence-corrected chi connectivity index (χ1v) is 8.04. The summed E-state index contributed by atoms with van der Waals surface area (Å²) in [6, 6.07) is 0.233. The van der Waals surface area contributed by atoms with Crippen LogP contribution in [-0.2, 0) is 16.0 Å². The minimum absolute atomic E-state index is 0.154. The van der Waals surface area contributed by atoms with Crippen LogP contribution in [0.15, 0.2) is 0 Å². The first-order chi connectivity index (χ1) is 9.90. The Kier molecular flexibility index (Phi) is 6.84. The van der Waals surface area contributed by atoms with Gasteiger partial charge >= 0.3 is 5.97 Å². The second-order valence-corrected chi connectivity index (χ2v) is 6.22. The number of hydrogen-bond acceptors (Lipinski definition) is 5. The van der Waals surface area contributed by atoms with Crippen molar-refractivity contribution in [2.45, 2.75) is 47.1 Å². The van der Waals surface area contributed by atoms with Crippen LogP contribution < -0.4 is 10.6 Å². The number of hydrogen-bond donors (Lipinski definition) is 2. The van der Waals surface area contributed by atoms with Crippen molar-refractivity contribution in [1.29, 1.82) is 0 Å². The van der Waals surface area contributed by atoms with Crippen LogP contribution in [-0.4, -0.2) is 31.1 Å². The van der Waals surface area contributed by atoms with Gasteiger partial charge in [-0.3, -0.25) is 4.79 Å². The largest absolute Gasteiger partial charge is 0.462 e. The number of nitrogens with one attached hydrogen (secondary N) is 2. The average molecular weight is 312 g/mol. The molecular formula is C15H24N2O3S. The Morgan fingerprint density at radius 2 is 1.95 bits per heavy atom. The maximum Gasteiger partial charge on any atom is 0.341 e. The molecule has 0 aromatic carbocycles. The predicted molar refractivity (Wildman–Crippen MR) is 86.2 cm³/mol. The molecule has 0 aliphatic carbocycles. The molecular weight excluding hydrogens is 288 g/mol. The summed E-state index contributed by atoms with van der Waals surface area (Å²) in [5, 5.41) is 6.45. The first-order valence-electron chi connectivity index (χ1n) is 7.23. The number of anilines is 1. The monoisotopic (exact) mass is 312 g/mol. The van der Waals surface area contributed by atoms with Crippen LogP contribution in [0.25, 0.3) is 0 Å². The maximum absolute atomic E-state index is 12.1. The van der Waals surface area contributed by atoms with E-state index >= 15 is 0 Å². The van der Waals surface area contributed by atoms with Crippen molar-refractivity contribution in [2.75, 3.05) is 18.5 Å². The lowest BCUT2D eigenvalue weighted by Crippen LogP contribution is -2.32. The minimum Gasteiger partial charge on any atom is -0.462 e. The van der Waals surface area contributed by atoms with Crippen molar-refractivity contribution >= 4 is 28.2 Å². The summed E-state index contributed by atoms with van der Waals surface area (Å²) in [7, 11) is 0. The average Bonchev–Trinajstić information content (AvgIpc) is 2.72. The number of aryl methyl sites for hydroxylation is 1. The zero-order valence-corrected chi connectivity index (χ0v) is 14.1. The number of ether oxygens (including phenoxy) is 1. The van der Waals surface area contributed by atoms with Gasteiger partial charge in [0.05, 0.1) is 18.7 Å². The zero-order chi connectivity index (χ0) is 16.0. The van der Waals surface area contributed by atoms with Crippen molar-refractivity contribution in [2.24, 2.45) is 0 Å². The predicted octanol–water partition coefficient (Wildman–Crippen LogP) is 2.73. The van der Waals surface area contributed by atoms with E-state index in [-0.39, 0.29) is 24.5 Å². The van der Waals surface area contributed by atoms with E-state index in [1.54, 1.807) is 6.92 Å². The van der Waals surface area contributed by atoms with Gasteiger partial charge in [0.25, 0.3) is 0 Å². The lowest BCUT2D eigenvalue weighted by molar-refractivity contribution is -0.115. The fourth-order valence-corrected chi connectivity index (χ4v) is 3.13. The van der Waals surface area contributed by atoms with Crippen LogP contribution in [0, 0.1) is 6.92 Å². The Morgan fingerprint density at radius 3 is 2.48 bits per heavy atom.